The van der Waals surface area contributed by atoms with Crippen LogP contribution in [0.25, 0.3) is 0 Å². The van der Waals surface area contributed by atoms with Gasteiger partial charge in [-0.05, 0) is 31.2 Å². The van der Waals surface area contributed by atoms with E-state index in [1.807, 2.05) is 0 Å². The van der Waals surface area contributed by atoms with E-state index < -0.39 is 34.7 Å². The summed E-state index contributed by atoms with van der Waals surface area (Å²) < 4.78 is 67.3. The number of hydrogen-bond donors (Lipinski definition) is 2. The molecule has 0 aromatic heterocycles. The largest absolute Gasteiger partial charge is 0.405 e. The molecule has 0 fully saturated rings. The van der Waals surface area contributed by atoms with E-state index in [0.29, 0.717) is 0 Å². The first-order chi connectivity index (χ1) is 10.5. The smallest absolute Gasteiger partial charge is 0.383 e. The maximum Gasteiger partial charge on any atom is 0.405 e. The number of amides is 1. The molecule has 0 spiro atoms. The lowest BCUT2D eigenvalue weighted by atomic mass is 10.2. The van der Waals surface area contributed by atoms with Gasteiger partial charge in [0.1, 0.15) is 6.54 Å². The average Bonchev–Trinajstić information content (AvgIpc) is 2.44. The fraction of sp³-hybridized carbons (Fsp3) is 0.462. The number of carbonyl (C=O) groups excluding carboxylic acids is 1. The van der Waals surface area contributed by atoms with E-state index in [1.54, 1.807) is 12.2 Å². The summed E-state index contributed by atoms with van der Waals surface area (Å²) in [5.74, 6) is -0.938. The number of ether oxygens (including phenoxy) is 1. The lowest BCUT2D eigenvalue weighted by Gasteiger charge is -2.13. The Bertz CT molecular complexity index is 630. The number of carbonyl (C=O) groups is 1. The van der Waals surface area contributed by atoms with Crippen LogP contribution in [0.1, 0.15) is 17.3 Å². The topological polar surface area (TPSA) is 84.5 Å². The fourth-order valence-electron chi connectivity index (χ4n) is 1.68. The second kappa shape index (κ2) is 7.75. The molecular formula is C13H17F3N2O4S. The summed E-state index contributed by atoms with van der Waals surface area (Å²) >= 11 is 0. The van der Waals surface area contributed by atoms with E-state index >= 15 is 0 Å². The van der Waals surface area contributed by atoms with Crippen molar-refractivity contribution in [3.05, 3.63) is 29.8 Å². The lowest BCUT2D eigenvalue weighted by Crippen LogP contribution is -2.35. The van der Waals surface area contributed by atoms with Crippen molar-refractivity contribution in [2.45, 2.75) is 24.0 Å². The van der Waals surface area contributed by atoms with Crippen LogP contribution >= 0.6 is 0 Å². The molecule has 1 amide bonds. The van der Waals surface area contributed by atoms with Crippen LogP contribution in [0.4, 0.5) is 13.2 Å². The fourth-order valence-corrected chi connectivity index (χ4v) is 2.91. The molecule has 1 rings (SSSR count). The molecule has 10 heteroatoms. The van der Waals surface area contributed by atoms with Gasteiger partial charge in [0, 0.05) is 18.7 Å². The zero-order valence-corrected chi connectivity index (χ0v) is 13.3. The van der Waals surface area contributed by atoms with Crippen LogP contribution in [0.3, 0.4) is 0 Å². The molecule has 2 N–H and O–H groups in total. The minimum absolute atomic E-state index is 0.0712. The van der Waals surface area contributed by atoms with Gasteiger partial charge in [0.25, 0.3) is 5.91 Å². The number of methoxy groups -OCH3 is 1. The normalized spacial score (nSPS) is 13.6. The van der Waals surface area contributed by atoms with Gasteiger partial charge in [-0.2, -0.15) is 13.2 Å². The molecule has 0 radical (unpaired) electrons. The van der Waals surface area contributed by atoms with E-state index in [9.17, 15) is 26.4 Å². The third-order valence-corrected chi connectivity index (χ3v) is 4.25. The Labute approximate surface area is 132 Å². The van der Waals surface area contributed by atoms with Crippen LogP contribution in [0.2, 0.25) is 0 Å². The van der Waals surface area contributed by atoms with Gasteiger partial charge in [0.05, 0.1) is 11.5 Å². The van der Waals surface area contributed by atoms with Crippen LogP contribution in [-0.4, -0.2) is 46.8 Å². The summed E-state index contributed by atoms with van der Waals surface area (Å²) in [5.41, 5.74) is -0.0712. The molecule has 0 saturated heterocycles. The Morgan fingerprint density at radius 3 is 2.30 bits per heavy atom. The first-order valence-corrected chi connectivity index (χ1v) is 8.00. The van der Waals surface area contributed by atoms with Gasteiger partial charge in [-0.25, -0.2) is 13.1 Å². The van der Waals surface area contributed by atoms with E-state index in [0.717, 1.165) is 24.3 Å². The molecule has 0 aliphatic rings. The highest BCUT2D eigenvalue weighted by Gasteiger charge is 2.28. The van der Waals surface area contributed by atoms with E-state index in [-0.39, 0.29) is 17.1 Å². The maximum atomic E-state index is 12.0. The van der Waals surface area contributed by atoms with Crippen LogP contribution in [0.5, 0.6) is 0 Å². The van der Waals surface area contributed by atoms with Gasteiger partial charge >= 0.3 is 6.18 Å². The third kappa shape index (κ3) is 6.55. The lowest BCUT2D eigenvalue weighted by molar-refractivity contribution is -0.123. The summed E-state index contributed by atoms with van der Waals surface area (Å²) in [7, 11) is -2.37. The molecule has 6 nitrogen and oxygen atoms in total. The van der Waals surface area contributed by atoms with Crippen molar-refractivity contribution in [1.29, 1.82) is 0 Å². The van der Waals surface area contributed by atoms with Gasteiger partial charge in [0.15, 0.2) is 0 Å². The van der Waals surface area contributed by atoms with E-state index in [1.165, 1.54) is 7.11 Å². The van der Waals surface area contributed by atoms with Crippen LogP contribution in [0.15, 0.2) is 29.2 Å². The average molecular weight is 354 g/mol. The summed E-state index contributed by atoms with van der Waals surface area (Å²) in [4.78, 5) is 11.4. The standard InChI is InChI=1S/C13H17F3N2O4S/c1-9(7-22-2)18-23(20,21)11-5-3-10(4-6-11)12(19)17-8-13(14,15)16/h3-6,9,18H,7-8H2,1-2H3,(H,17,19). The molecule has 0 aliphatic carbocycles. The summed E-state index contributed by atoms with van der Waals surface area (Å²) in [6.07, 6.45) is -4.51. The van der Waals surface area contributed by atoms with Crippen molar-refractivity contribution in [1.82, 2.24) is 10.0 Å². The van der Waals surface area contributed by atoms with Crippen molar-refractivity contribution in [2.24, 2.45) is 0 Å². The van der Waals surface area contributed by atoms with Crippen LogP contribution in [0, 0.1) is 0 Å². The van der Waals surface area contributed by atoms with Crippen molar-refractivity contribution in [3.63, 3.8) is 0 Å². The number of sulfonamides is 1. The summed E-state index contributed by atoms with van der Waals surface area (Å²) in [6, 6.07) is 4.11. The van der Waals surface area contributed by atoms with Gasteiger partial charge in [-0.1, -0.05) is 0 Å². The van der Waals surface area contributed by atoms with Crippen LogP contribution in [-0.2, 0) is 14.8 Å². The monoisotopic (exact) mass is 354 g/mol. The summed E-state index contributed by atoms with van der Waals surface area (Å²) in [6.45, 7) is 0.332. The quantitative estimate of drug-likeness (QED) is 0.773. The Morgan fingerprint density at radius 2 is 1.83 bits per heavy atom. The second-order valence-corrected chi connectivity index (χ2v) is 6.51. The van der Waals surface area contributed by atoms with E-state index in [2.05, 4.69) is 4.72 Å². The summed E-state index contributed by atoms with van der Waals surface area (Å²) in [5, 5.41) is 1.70. The molecule has 1 unspecified atom stereocenters. The molecule has 0 heterocycles. The maximum absolute atomic E-state index is 12.0. The Kier molecular flexibility index (Phi) is 6.54. The Balaban J connectivity index is 2.77. The highest BCUT2D eigenvalue weighted by atomic mass is 32.2. The second-order valence-electron chi connectivity index (χ2n) is 4.80. The molecule has 0 bridgehead atoms. The SMILES string of the molecule is COCC(C)NS(=O)(=O)c1ccc(C(=O)NCC(F)(F)F)cc1. The number of rotatable bonds is 7. The molecule has 1 atom stereocenters. The highest BCUT2D eigenvalue weighted by Crippen LogP contribution is 2.14. The molecule has 1 aromatic carbocycles. The Hall–Kier alpha value is -1.65. The van der Waals surface area contributed by atoms with Gasteiger partial charge in [-0.3, -0.25) is 4.79 Å². The first kappa shape index (κ1) is 19.4. The molecule has 0 aliphatic heterocycles. The van der Waals surface area contributed by atoms with Crippen LogP contribution < -0.4 is 10.0 Å². The molecule has 130 valence electrons. The first-order valence-electron chi connectivity index (χ1n) is 6.51. The minimum Gasteiger partial charge on any atom is -0.383 e. The molecular weight excluding hydrogens is 337 g/mol. The zero-order valence-electron chi connectivity index (χ0n) is 12.5. The van der Waals surface area contributed by atoms with E-state index in [4.69, 9.17) is 4.74 Å². The molecule has 0 saturated carbocycles. The van der Waals surface area contributed by atoms with Crippen molar-refractivity contribution >= 4 is 15.9 Å². The van der Waals surface area contributed by atoms with Gasteiger partial charge in [0.2, 0.25) is 10.0 Å². The van der Waals surface area contributed by atoms with Gasteiger partial charge < -0.3 is 10.1 Å². The number of hydrogen-bond acceptors (Lipinski definition) is 4. The number of halogens is 3. The van der Waals surface area contributed by atoms with Crippen molar-refractivity contribution in [2.75, 3.05) is 20.3 Å². The minimum atomic E-state index is -4.51. The van der Waals surface area contributed by atoms with Crippen molar-refractivity contribution < 1.29 is 31.1 Å². The highest BCUT2D eigenvalue weighted by molar-refractivity contribution is 7.89. The third-order valence-electron chi connectivity index (χ3n) is 2.65. The number of nitrogens with one attached hydrogen (secondary N) is 2. The molecule has 23 heavy (non-hydrogen) atoms. The number of alkyl halides is 3. The molecule has 1 aromatic rings. The predicted molar refractivity (Wildman–Crippen MR) is 76.5 cm³/mol. The van der Waals surface area contributed by atoms with Crippen molar-refractivity contribution in [3.8, 4) is 0 Å². The zero-order chi connectivity index (χ0) is 17.7. The Morgan fingerprint density at radius 1 is 1.26 bits per heavy atom. The predicted octanol–water partition coefficient (Wildman–Crippen LogP) is 1.29. The van der Waals surface area contributed by atoms with Gasteiger partial charge in [-0.15, -0.1) is 0 Å². The number of benzene rings is 1.